The molecule has 1 rings (SSSR count). The first-order chi connectivity index (χ1) is 8.97. The Labute approximate surface area is 110 Å². The van der Waals surface area contributed by atoms with Crippen molar-refractivity contribution in [3.63, 3.8) is 0 Å². The molecule has 1 atom stereocenters. The number of carboxylic acid groups (broad SMARTS) is 1. The Morgan fingerprint density at radius 2 is 2.16 bits per heavy atom. The van der Waals surface area contributed by atoms with E-state index in [1.165, 1.54) is 26.2 Å². The van der Waals surface area contributed by atoms with Gasteiger partial charge in [-0.2, -0.15) is 0 Å². The molecule has 0 bridgehead atoms. The van der Waals surface area contributed by atoms with E-state index in [1.807, 2.05) is 0 Å². The number of halogens is 1. The number of methoxy groups -OCH3 is 1. The number of amides is 1. The van der Waals surface area contributed by atoms with E-state index >= 15 is 0 Å². The van der Waals surface area contributed by atoms with Crippen LogP contribution >= 0.6 is 0 Å². The lowest BCUT2D eigenvalue weighted by molar-refractivity contribution is -0.141. The second kappa shape index (κ2) is 6.72. The van der Waals surface area contributed by atoms with Gasteiger partial charge in [-0.1, -0.05) is 13.0 Å². The zero-order valence-electron chi connectivity index (χ0n) is 10.8. The van der Waals surface area contributed by atoms with Gasteiger partial charge in [0.05, 0.1) is 13.0 Å². The molecule has 2 N–H and O–H groups in total. The fourth-order valence-electron chi connectivity index (χ4n) is 1.51. The van der Waals surface area contributed by atoms with Crippen molar-refractivity contribution < 1.29 is 23.8 Å². The predicted octanol–water partition coefficient (Wildman–Crippen LogP) is 1.67. The van der Waals surface area contributed by atoms with Crippen molar-refractivity contribution in [3.8, 4) is 5.75 Å². The molecule has 0 heterocycles. The summed E-state index contributed by atoms with van der Waals surface area (Å²) in [4.78, 5) is 22.4. The lowest BCUT2D eigenvalue weighted by atomic mass is 10.1. The third-order valence-corrected chi connectivity index (χ3v) is 2.71. The number of rotatable bonds is 6. The maximum absolute atomic E-state index is 13.6. The Balaban J connectivity index is 2.66. The summed E-state index contributed by atoms with van der Waals surface area (Å²) in [7, 11) is 1.35. The van der Waals surface area contributed by atoms with E-state index < -0.39 is 23.6 Å². The van der Waals surface area contributed by atoms with Gasteiger partial charge < -0.3 is 15.2 Å². The number of aliphatic carboxylic acids is 1. The quantitative estimate of drug-likeness (QED) is 0.823. The van der Waals surface area contributed by atoms with Crippen LogP contribution in [0.4, 0.5) is 4.39 Å². The molecule has 0 fully saturated rings. The zero-order valence-corrected chi connectivity index (χ0v) is 10.8. The second-order valence-electron chi connectivity index (χ2n) is 4.10. The number of carbonyl (C=O) groups is 2. The molecular formula is C13H16FNO4. The largest absolute Gasteiger partial charge is 0.496 e. The van der Waals surface area contributed by atoms with Crippen molar-refractivity contribution in [1.82, 2.24) is 5.32 Å². The molecule has 1 unspecified atom stereocenters. The van der Waals surface area contributed by atoms with E-state index in [-0.39, 0.29) is 24.3 Å². The molecule has 0 aliphatic carbocycles. The van der Waals surface area contributed by atoms with Gasteiger partial charge in [-0.3, -0.25) is 9.59 Å². The lowest BCUT2D eigenvalue weighted by Crippen LogP contribution is -2.28. The van der Waals surface area contributed by atoms with Crippen molar-refractivity contribution in [2.24, 2.45) is 5.92 Å². The standard InChI is InChI=1S/C13H16FNO4/c1-8(13(17)18)6-7-15-12(16)11-9(14)4-3-5-10(11)19-2/h3-5,8H,6-7H2,1-2H3,(H,15,16)(H,17,18). The fraction of sp³-hybridized carbons (Fsp3) is 0.385. The minimum absolute atomic E-state index is 0.142. The van der Waals surface area contributed by atoms with Gasteiger partial charge >= 0.3 is 5.97 Å². The summed E-state index contributed by atoms with van der Waals surface area (Å²) in [6, 6.07) is 4.09. The second-order valence-corrected chi connectivity index (χ2v) is 4.10. The Hall–Kier alpha value is -2.11. The highest BCUT2D eigenvalue weighted by Crippen LogP contribution is 2.20. The average molecular weight is 269 g/mol. The number of hydrogen-bond donors (Lipinski definition) is 2. The molecule has 5 nitrogen and oxygen atoms in total. The summed E-state index contributed by atoms with van der Waals surface area (Å²) < 4.78 is 18.5. The van der Waals surface area contributed by atoms with Gasteiger partial charge in [0.1, 0.15) is 17.1 Å². The Morgan fingerprint density at radius 1 is 1.47 bits per heavy atom. The van der Waals surface area contributed by atoms with Crippen LogP contribution in [0.5, 0.6) is 5.75 Å². The summed E-state index contributed by atoms with van der Waals surface area (Å²) in [6.45, 7) is 1.70. The molecule has 0 aliphatic rings. The minimum Gasteiger partial charge on any atom is -0.496 e. The zero-order chi connectivity index (χ0) is 14.4. The van der Waals surface area contributed by atoms with Crippen molar-refractivity contribution >= 4 is 11.9 Å². The van der Waals surface area contributed by atoms with Crippen LogP contribution in [0.3, 0.4) is 0 Å². The molecule has 0 spiro atoms. The first-order valence-corrected chi connectivity index (χ1v) is 5.81. The van der Waals surface area contributed by atoms with E-state index in [0.29, 0.717) is 0 Å². The van der Waals surface area contributed by atoms with Gasteiger partial charge in [0, 0.05) is 6.54 Å². The van der Waals surface area contributed by atoms with Gasteiger partial charge in [-0.15, -0.1) is 0 Å². The number of carbonyl (C=O) groups excluding carboxylic acids is 1. The molecule has 104 valence electrons. The van der Waals surface area contributed by atoms with Crippen molar-refractivity contribution in [2.45, 2.75) is 13.3 Å². The normalized spacial score (nSPS) is 11.7. The molecule has 1 amide bonds. The lowest BCUT2D eigenvalue weighted by Gasteiger charge is -2.11. The van der Waals surface area contributed by atoms with Crippen LogP contribution in [0.15, 0.2) is 18.2 Å². The van der Waals surface area contributed by atoms with Crippen LogP contribution < -0.4 is 10.1 Å². The van der Waals surface area contributed by atoms with E-state index in [9.17, 15) is 14.0 Å². The molecule has 1 aromatic rings. The molecule has 0 aliphatic heterocycles. The van der Waals surface area contributed by atoms with Crippen molar-refractivity contribution in [1.29, 1.82) is 0 Å². The maximum atomic E-state index is 13.6. The summed E-state index contributed by atoms with van der Waals surface area (Å²) >= 11 is 0. The number of benzene rings is 1. The summed E-state index contributed by atoms with van der Waals surface area (Å²) in [5, 5.41) is 11.2. The van der Waals surface area contributed by atoms with E-state index in [2.05, 4.69) is 5.32 Å². The maximum Gasteiger partial charge on any atom is 0.306 e. The summed E-state index contributed by atoms with van der Waals surface area (Å²) in [5.41, 5.74) is -0.173. The van der Waals surface area contributed by atoms with Crippen LogP contribution in [-0.2, 0) is 4.79 Å². The van der Waals surface area contributed by atoms with Crippen molar-refractivity contribution in [2.75, 3.05) is 13.7 Å². The van der Waals surface area contributed by atoms with E-state index in [4.69, 9.17) is 9.84 Å². The molecule has 0 saturated heterocycles. The smallest absolute Gasteiger partial charge is 0.306 e. The highest BCUT2D eigenvalue weighted by Gasteiger charge is 2.18. The molecule has 0 radical (unpaired) electrons. The molecular weight excluding hydrogens is 253 g/mol. The van der Waals surface area contributed by atoms with Crippen LogP contribution in [0.2, 0.25) is 0 Å². The Kier molecular flexibility index (Phi) is 5.29. The van der Waals surface area contributed by atoms with Crippen LogP contribution in [0.1, 0.15) is 23.7 Å². The van der Waals surface area contributed by atoms with E-state index in [0.717, 1.165) is 6.07 Å². The highest BCUT2D eigenvalue weighted by molar-refractivity contribution is 5.97. The SMILES string of the molecule is COc1cccc(F)c1C(=O)NCCC(C)C(=O)O. The molecule has 6 heteroatoms. The van der Waals surface area contributed by atoms with Gasteiger partial charge in [0.2, 0.25) is 0 Å². The number of nitrogens with one attached hydrogen (secondary N) is 1. The minimum atomic E-state index is -0.933. The first-order valence-electron chi connectivity index (χ1n) is 5.81. The Bertz CT molecular complexity index is 476. The van der Waals surface area contributed by atoms with Gasteiger partial charge in [0.25, 0.3) is 5.91 Å². The molecule has 19 heavy (non-hydrogen) atoms. The van der Waals surface area contributed by atoms with Crippen LogP contribution in [0.25, 0.3) is 0 Å². The number of hydrogen-bond acceptors (Lipinski definition) is 3. The summed E-state index contributed by atoms with van der Waals surface area (Å²) in [6.07, 6.45) is 0.276. The van der Waals surface area contributed by atoms with Crippen LogP contribution in [0, 0.1) is 11.7 Å². The van der Waals surface area contributed by atoms with Gasteiger partial charge in [-0.25, -0.2) is 4.39 Å². The van der Waals surface area contributed by atoms with Crippen molar-refractivity contribution in [3.05, 3.63) is 29.6 Å². The van der Waals surface area contributed by atoms with Gasteiger partial charge in [-0.05, 0) is 18.6 Å². The van der Waals surface area contributed by atoms with Crippen LogP contribution in [-0.4, -0.2) is 30.6 Å². The summed E-state index contributed by atoms with van der Waals surface area (Å²) in [5.74, 6) is -2.65. The molecule has 0 saturated carbocycles. The molecule has 1 aromatic carbocycles. The number of ether oxygens (including phenoxy) is 1. The predicted molar refractivity (Wildman–Crippen MR) is 66.7 cm³/mol. The monoisotopic (exact) mass is 269 g/mol. The third kappa shape index (κ3) is 3.94. The first kappa shape index (κ1) is 14.9. The van der Waals surface area contributed by atoms with Gasteiger partial charge in [0.15, 0.2) is 0 Å². The molecule has 0 aromatic heterocycles. The average Bonchev–Trinajstić information content (AvgIpc) is 2.37. The topological polar surface area (TPSA) is 75.6 Å². The fourth-order valence-corrected chi connectivity index (χ4v) is 1.51. The Morgan fingerprint density at radius 3 is 2.74 bits per heavy atom. The van der Waals surface area contributed by atoms with E-state index in [1.54, 1.807) is 0 Å². The number of carboxylic acids is 1. The third-order valence-electron chi connectivity index (χ3n) is 2.71. The highest BCUT2D eigenvalue weighted by atomic mass is 19.1.